The molecule has 148 valence electrons. The first-order valence-corrected chi connectivity index (χ1v) is 9.51. The summed E-state index contributed by atoms with van der Waals surface area (Å²) in [5, 5.41) is 12.1. The average molecular weight is 433 g/mol. The van der Waals surface area contributed by atoms with E-state index in [-0.39, 0.29) is 18.1 Å². The normalized spacial score (nSPS) is 15.7. The molecule has 0 saturated carbocycles. The molecular weight excluding hydrogens is 418 g/mol. The number of carbonyl (C=O) groups is 1. The predicted octanol–water partition coefficient (Wildman–Crippen LogP) is 4.51. The van der Waals surface area contributed by atoms with Gasteiger partial charge in [-0.2, -0.15) is 5.10 Å². The molecule has 2 heterocycles. The first kappa shape index (κ1) is 19.4. The molecule has 1 N–H and O–H groups in total. The molecule has 0 radical (unpaired) electrons. The van der Waals surface area contributed by atoms with Gasteiger partial charge in [-0.05, 0) is 29.8 Å². The zero-order valence-corrected chi connectivity index (χ0v) is 16.5. The molecule has 0 spiro atoms. The van der Waals surface area contributed by atoms with Gasteiger partial charge >= 0.3 is 0 Å². The molecule has 1 aromatic heterocycles. The van der Waals surface area contributed by atoms with Crippen LogP contribution in [0.5, 0.6) is 0 Å². The van der Waals surface area contributed by atoms with Crippen LogP contribution in [0.25, 0.3) is 0 Å². The predicted molar refractivity (Wildman–Crippen MR) is 109 cm³/mol. The van der Waals surface area contributed by atoms with Crippen LogP contribution in [0.15, 0.2) is 59.9 Å². The third-order valence-corrected chi connectivity index (χ3v) is 5.12. The summed E-state index contributed by atoms with van der Waals surface area (Å²) in [6.07, 6.45) is 1.22. The van der Waals surface area contributed by atoms with E-state index in [1.54, 1.807) is 47.3 Å². The van der Waals surface area contributed by atoms with Gasteiger partial charge in [0, 0.05) is 34.3 Å². The van der Waals surface area contributed by atoms with Crippen molar-refractivity contribution in [3.63, 3.8) is 0 Å². The minimum atomic E-state index is -0.779. The van der Waals surface area contributed by atoms with Gasteiger partial charge < -0.3 is 10.2 Å². The molecule has 1 unspecified atom stereocenters. The number of benzene rings is 2. The maximum absolute atomic E-state index is 13.0. The Bertz CT molecular complexity index is 1060. The Kier molecular flexibility index (Phi) is 5.51. The molecule has 0 aliphatic carbocycles. The fourth-order valence-corrected chi connectivity index (χ4v) is 3.42. The molecule has 1 amide bonds. The van der Waals surface area contributed by atoms with Gasteiger partial charge in [0.15, 0.2) is 5.82 Å². The molecule has 0 fully saturated rings. The molecule has 3 aromatic rings. The molecule has 4 rings (SSSR count). The largest absolute Gasteiger partial charge is 0.382 e. The Morgan fingerprint density at radius 1 is 1.17 bits per heavy atom. The zero-order chi connectivity index (χ0) is 20.4. The van der Waals surface area contributed by atoms with Crippen LogP contribution in [0.3, 0.4) is 0 Å². The highest BCUT2D eigenvalue weighted by molar-refractivity contribution is 6.35. The van der Waals surface area contributed by atoms with Crippen LogP contribution in [0.4, 0.5) is 10.2 Å². The molecule has 1 atom stereocenters. The van der Waals surface area contributed by atoms with Gasteiger partial charge in [-0.3, -0.25) is 9.48 Å². The number of nitrogens with zero attached hydrogens (tertiary/aromatic N) is 3. The molecule has 2 aromatic carbocycles. The number of nitrogens with one attached hydrogen (secondary N) is 1. The molecule has 0 saturated heterocycles. The van der Waals surface area contributed by atoms with Crippen LogP contribution >= 0.6 is 23.2 Å². The van der Waals surface area contributed by atoms with Gasteiger partial charge in [0.25, 0.3) is 5.91 Å². The number of hydrogen-bond donors (Lipinski definition) is 1. The smallest absolute Gasteiger partial charge is 0.269 e. The van der Waals surface area contributed by atoms with Crippen molar-refractivity contribution < 1.29 is 14.0 Å². The highest BCUT2D eigenvalue weighted by atomic mass is 35.5. The summed E-state index contributed by atoms with van der Waals surface area (Å²) in [5.41, 5.74) is 2.04. The van der Waals surface area contributed by atoms with Gasteiger partial charge in [0.05, 0.1) is 12.3 Å². The molecule has 1 aliphatic rings. The molecule has 1 aliphatic heterocycles. The highest BCUT2D eigenvalue weighted by Gasteiger charge is 2.29. The fraction of sp³-hybridized carbons (Fsp3) is 0.150. The van der Waals surface area contributed by atoms with Crippen LogP contribution in [0.2, 0.25) is 10.0 Å². The Morgan fingerprint density at radius 3 is 2.62 bits per heavy atom. The Balaban J connectivity index is 1.37. The molecular formula is C20H15Cl2FN4O2. The Hall–Kier alpha value is -2.90. The average Bonchev–Trinajstić information content (AvgIpc) is 3.35. The van der Waals surface area contributed by atoms with Crippen LogP contribution < -0.4 is 5.32 Å². The third-order valence-electron chi connectivity index (χ3n) is 4.41. The van der Waals surface area contributed by atoms with Crippen molar-refractivity contribution in [2.75, 3.05) is 5.32 Å². The zero-order valence-electron chi connectivity index (χ0n) is 15.0. The van der Waals surface area contributed by atoms with E-state index in [4.69, 9.17) is 28.0 Å². The van der Waals surface area contributed by atoms with E-state index >= 15 is 0 Å². The standard InChI is InChI=1S/C20H15Cl2FN4O2/c21-15-2-1-3-16(22)14(15)11-27-9-8-19(25-27)24-20(28)18-10-17(26-29-18)12-4-6-13(23)7-5-12/h1-9,18H,10-11H2,(H,24,25,28). The lowest BCUT2D eigenvalue weighted by Crippen LogP contribution is -2.28. The van der Waals surface area contributed by atoms with Gasteiger partial charge in [-0.1, -0.05) is 46.6 Å². The molecule has 6 nitrogen and oxygen atoms in total. The van der Waals surface area contributed by atoms with E-state index in [2.05, 4.69) is 15.6 Å². The summed E-state index contributed by atoms with van der Waals surface area (Å²) >= 11 is 12.4. The number of aromatic nitrogens is 2. The van der Waals surface area contributed by atoms with E-state index < -0.39 is 6.10 Å². The van der Waals surface area contributed by atoms with E-state index in [0.29, 0.717) is 33.7 Å². The number of carbonyl (C=O) groups excluding carboxylic acids is 1. The van der Waals surface area contributed by atoms with E-state index in [1.165, 1.54) is 12.1 Å². The number of anilines is 1. The van der Waals surface area contributed by atoms with Crippen molar-refractivity contribution in [2.45, 2.75) is 19.1 Å². The number of oxime groups is 1. The van der Waals surface area contributed by atoms with Crippen LogP contribution in [0.1, 0.15) is 17.5 Å². The second kappa shape index (κ2) is 8.23. The lowest BCUT2D eigenvalue weighted by molar-refractivity contribution is -0.125. The van der Waals surface area contributed by atoms with Gasteiger partial charge in [0.1, 0.15) is 5.82 Å². The van der Waals surface area contributed by atoms with Gasteiger partial charge in [-0.15, -0.1) is 0 Å². The van der Waals surface area contributed by atoms with E-state index in [1.807, 2.05) is 0 Å². The molecule has 29 heavy (non-hydrogen) atoms. The van der Waals surface area contributed by atoms with Crippen LogP contribution in [0, 0.1) is 5.82 Å². The van der Waals surface area contributed by atoms with Crippen molar-refractivity contribution in [3.8, 4) is 0 Å². The number of hydrogen-bond acceptors (Lipinski definition) is 4. The lowest BCUT2D eigenvalue weighted by atomic mass is 10.0. The summed E-state index contributed by atoms with van der Waals surface area (Å²) in [6.45, 7) is 0.367. The van der Waals surface area contributed by atoms with Crippen molar-refractivity contribution in [1.29, 1.82) is 0 Å². The topological polar surface area (TPSA) is 68.5 Å². The van der Waals surface area contributed by atoms with Gasteiger partial charge in [-0.25, -0.2) is 4.39 Å². The third kappa shape index (κ3) is 4.41. The highest BCUT2D eigenvalue weighted by Crippen LogP contribution is 2.25. The quantitative estimate of drug-likeness (QED) is 0.644. The van der Waals surface area contributed by atoms with E-state index in [9.17, 15) is 9.18 Å². The van der Waals surface area contributed by atoms with Crippen molar-refractivity contribution in [2.24, 2.45) is 5.16 Å². The summed E-state index contributed by atoms with van der Waals surface area (Å²) in [4.78, 5) is 17.7. The maximum Gasteiger partial charge on any atom is 0.269 e. The SMILES string of the molecule is O=C(Nc1ccn(Cc2c(Cl)cccc2Cl)n1)C1CC(c2ccc(F)cc2)=NO1. The van der Waals surface area contributed by atoms with Crippen LogP contribution in [-0.2, 0) is 16.2 Å². The number of amides is 1. The molecule has 9 heteroatoms. The summed E-state index contributed by atoms with van der Waals surface area (Å²) in [5.74, 6) is -0.333. The van der Waals surface area contributed by atoms with Gasteiger partial charge in [0.2, 0.25) is 6.10 Å². The first-order valence-electron chi connectivity index (χ1n) is 8.75. The van der Waals surface area contributed by atoms with Crippen LogP contribution in [-0.4, -0.2) is 27.5 Å². The fourth-order valence-electron chi connectivity index (χ4n) is 2.90. The number of rotatable bonds is 5. The summed E-state index contributed by atoms with van der Waals surface area (Å²) in [7, 11) is 0. The van der Waals surface area contributed by atoms with Crippen molar-refractivity contribution >= 4 is 40.6 Å². The minimum absolute atomic E-state index is 0.285. The second-order valence-electron chi connectivity index (χ2n) is 6.43. The minimum Gasteiger partial charge on any atom is -0.382 e. The Labute approximate surface area is 175 Å². The van der Waals surface area contributed by atoms with Crippen molar-refractivity contribution in [3.05, 3.63) is 81.7 Å². The van der Waals surface area contributed by atoms with Crippen molar-refractivity contribution in [1.82, 2.24) is 9.78 Å². The number of halogens is 3. The maximum atomic E-state index is 13.0. The van der Waals surface area contributed by atoms with E-state index in [0.717, 1.165) is 5.56 Å². The summed E-state index contributed by atoms with van der Waals surface area (Å²) < 4.78 is 14.7. The first-order chi connectivity index (χ1) is 14.0. The Morgan fingerprint density at radius 2 is 1.90 bits per heavy atom. The summed E-state index contributed by atoms with van der Waals surface area (Å²) in [6, 6.07) is 12.8. The second-order valence-corrected chi connectivity index (χ2v) is 7.25. The lowest BCUT2D eigenvalue weighted by Gasteiger charge is -2.08. The monoisotopic (exact) mass is 432 g/mol. The molecule has 0 bridgehead atoms.